The zero-order valence-corrected chi connectivity index (χ0v) is 11.5. The molecule has 114 valence electrons. The summed E-state index contributed by atoms with van der Waals surface area (Å²) in [5.74, 6) is -2.94. The van der Waals surface area contributed by atoms with Crippen molar-refractivity contribution < 1.29 is 23.5 Å². The van der Waals surface area contributed by atoms with Crippen molar-refractivity contribution in [3.63, 3.8) is 0 Å². The van der Waals surface area contributed by atoms with E-state index >= 15 is 0 Å². The number of amides is 1. The van der Waals surface area contributed by atoms with Crippen LogP contribution in [0.1, 0.15) is 24.8 Å². The summed E-state index contributed by atoms with van der Waals surface area (Å²) in [5, 5.41) is 8.73. The van der Waals surface area contributed by atoms with Crippen LogP contribution in [0.4, 0.5) is 8.78 Å². The molecule has 1 aromatic carbocycles. The zero-order valence-electron chi connectivity index (χ0n) is 11.5. The molecule has 1 N–H and O–H groups in total. The molecule has 1 aliphatic heterocycles. The molecule has 21 heavy (non-hydrogen) atoms. The number of hydrogen-bond donors (Lipinski definition) is 1. The van der Waals surface area contributed by atoms with Gasteiger partial charge in [0.05, 0.1) is 6.42 Å². The molecule has 0 bridgehead atoms. The molecule has 0 radical (unpaired) electrons. The minimum atomic E-state index is -0.980. The van der Waals surface area contributed by atoms with E-state index in [1.807, 2.05) is 0 Å². The Bertz CT molecular complexity index is 540. The van der Waals surface area contributed by atoms with E-state index in [0.717, 1.165) is 6.07 Å². The zero-order chi connectivity index (χ0) is 15.4. The molecule has 1 aromatic rings. The Kier molecular flexibility index (Phi) is 4.88. The lowest BCUT2D eigenvalue weighted by molar-refractivity contribution is -0.138. The molecular formula is C15H17F2NO3. The summed E-state index contributed by atoms with van der Waals surface area (Å²) in [6.45, 7) is 0.932. The van der Waals surface area contributed by atoms with Crippen LogP contribution in [-0.4, -0.2) is 35.0 Å². The summed E-state index contributed by atoms with van der Waals surface area (Å²) in [5.41, 5.74) is 0.0488. The van der Waals surface area contributed by atoms with Crippen molar-refractivity contribution >= 4 is 11.9 Å². The van der Waals surface area contributed by atoms with Gasteiger partial charge in [-0.3, -0.25) is 9.59 Å². The predicted molar refractivity (Wildman–Crippen MR) is 71.6 cm³/mol. The van der Waals surface area contributed by atoms with Crippen molar-refractivity contribution in [2.24, 2.45) is 5.92 Å². The van der Waals surface area contributed by atoms with Crippen LogP contribution in [0.2, 0.25) is 0 Å². The number of carbonyl (C=O) groups is 2. The maximum atomic E-state index is 13.5. The second-order valence-corrected chi connectivity index (χ2v) is 5.31. The number of benzene rings is 1. The van der Waals surface area contributed by atoms with Gasteiger partial charge in [-0.05, 0) is 24.8 Å². The third-order valence-corrected chi connectivity index (χ3v) is 3.80. The number of carboxylic acid groups (broad SMARTS) is 1. The van der Waals surface area contributed by atoms with E-state index in [9.17, 15) is 18.4 Å². The largest absolute Gasteiger partial charge is 0.481 e. The summed E-state index contributed by atoms with van der Waals surface area (Å²) >= 11 is 0. The lowest BCUT2D eigenvalue weighted by atomic mass is 9.93. The van der Waals surface area contributed by atoms with E-state index in [1.54, 1.807) is 4.90 Å². The molecule has 1 amide bonds. The maximum absolute atomic E-state index is 13.5. The minimum absolute atomic E-state index is 0.0488. The van der Waals surface area contributed by atoms with Crippen LogP contribution >= 0.6 is 0 Å². The molecule has 0 aromatic heterocycles. The van der Waals surface area contributed by atoms with Crippen molar-refractivity contribution in [2.75, 3.05) is 13.1 Å². The molecule has 0 unspecified atom stereocenters. The van der Waals surface area contributed by atoms with Crippen LogP contribution < -0.4 is 0 Å². The van der Waals surface area contributed by atoms with E-state index in [4.69, 9.17) is 5.11 Å². The number of rotatable bonds is 4. The van der Waals surface area contributed by atoms with Crippen LogP contribution in [-0.2, 0) is 16.0 Å². The van der Waals surface area contributed by atoms with Gasteiger partial charge in [0.2, 0.25) is 5.91 Å². The quantitative estimate of drug-likeness (QED) is 0.927. The first kappa shape index (κ1) is 15.4. The summed E-state index contributed by atoms with van der Waals surface area (Å²) < 4.78 is 26.6. The topological polar surface area (TPSA) is 57.6 Å². The Labute approximate surface area is 121 Å². The lowest BCUT2D eigenvalue weighted by Gasteiger charge is -2.31. The number of carbonyl (C=O) groups excluding carboxylic acids is 1. The van der Waals surface area contributed by atoms with Gasteiger partial charge in [0.25, 0.3) is 0 Å². The van der Waals surface area contributed by atoms with Gasteiger partial charge < -0.3 is 10.0 Å². The van der Waals surface area contributed by atoms with E-state index in [-0.39, 0.29) is 30.2 Å². The predicted octanol–water partition coefficient (Wildman–Crippen LogP) is 2.22. The third-order valence-electron chi connectivity index (χ3n) is 3.80. The van der Waals surface area contributed by atoms with Crippen molar-refractivity contribution in [1.82, 2.24) is 4.90 Å². The average molecular weight is 297 g/mol. The monoisotopic (exact) mass is 297 g/mol. The van der Waals surface area contributed by atoms with E-state index in [0.29, 0.717) is 25.9 Å². The molecule has 0 saturated carbocycles. The number of aliphatic carboxylic acids is 1. The van der Waals surface area contributed by atoms with Gasteiger partial charge in [0.1, 0.15) is 0 Å². The van der Waals surface area contributed by atoms with Crippen LogP contribution in [0, 0.1) is 17.6 Å². The number of piperidine rings is 1. The Morgan fingerprint density at radius 3 is 2.52 bits per heavy atom. The van der Waals surface area contributed by atoms with E-state index in [1.165, 1.54) is 12.1 Å². The average Bonchev–Trinajstić information content (AvgIpc) is 2.44. The summed E-state index contributed by atoms with van der Waals surface area (Å²) in [7, 11) is 0. The normalized spacial score (nSPS) is 16.0. The lowest BCUT2D eigenvalue weighted by Crippen LogP contribution is -2.39. The maximum Gasteiger partial charge on any atom is 0.303 e. The van der Waals surface area contributed by atoms with Crippen LogP contribution in [0.25, 0.3) is 0 Å². The van der Waals surface area contributed by atoms with Gasteiger partial charge in [-0.1, -0.05) is 12.1 Å². The number of hydrogen-bond acceptors (Lipinski definition) is 2. The number of likely N-dealkylation sites (tertiary alicyclic amines) is 1. The van der Waals surface area contributed by atoms with Gasteiger partial charge >= 0.3 is 5.97 Å². The second-order valence-electron chi connectivity index (χ2n) is 5.31. The Morgan fingerprint density at radius 1 is 1.24 bits per heavy atom. The van der Waals surface area contributed by atoms with E-state index < -0.39 is 17.6 Å². The Balaban J connectivity index is 1.90. The first-order chi connectivity index (χ1) is 9.97. The molecule has 2 rings (SSSR count). The van der Waals surface area contributed by atoms with Crippen molar-refractivity contribution in [3.05, 3.63) is 35.4 Å². The summed E-state index contributed by atoms with van der Waals surface area (Å²) in [6, 6.07) is 3.79. The van der Waals surface area contributed by atoms with Gasteiger partial charge in [0, 0.05) is 25.1 Å². The molecule has 1 heterocycles. The van der Waals surface area contributed by atoms with Crippen LogP contribution in [0.3, 0.4) is 0 Å². The fraction of sp³-hybridized carbons (Fsp3) is 0.467. The highest BCUT2D eigenvalue weighted by Crippen LogP contribution is 2.21. The third kappa shape index (κ3) is 4.00. The Morgan fingerprint density at radius 2 is 1.90 bits per heavy atom. The summed E-state index contributed by atoms with van der Waals surface area (Å²) in [6.07, 6.45) is 1.20. The minimum Gasteiger partial charge on any atom is -0.481 e. The molecule has 0 spiro atoms. The standard InChI is InChI=1S/C15H17F2NO3/c16-12-3-1-2-11(15(12)17)9-13(19)18-6-4-10(5-7-18)8-14(20)21/h1-3,10H,4-9H2,(H,20,21). The number of nitrogens with zero attached hydrogens (tertiary/aromatic N) is 1. The molecular weight excluding hydrogens is 280 g/mol. The highest BCUT2D eigenvalue weighted by molar-refractivity contribution is 5.79. The second kappa shape index (κ2) is 6.65. The molecule has 0 aliphatic carbocycles. The first-order valence-electron chi connectivity index (χ1n) is 6.90. The van der Waals surface area contributed by atoms with Crippen molar-refractivity contribution in [1.29, 1.82) is 0 Å². The molecule has 1 saturated heterocycles. The SMILES string of the molecule is O=C(O)CC1CCN(C(=O)Cc2cccc(F)c2F)CC1. The van der Waals surface area contributed by atoms with Crippen molar-refractivity contribution in [3.8, 4) is 0 Å². The summed E-state index contributed by atoms with van der Waals surface area (Å²) in [4.78, 5) is 24.3. The van der Waals surface area contributed by atoms with Crippen molar-refractivity contribution in [2.45, 2.75) is 25.7 Å². The van der Waals surface area contributed by atoms with Gasteiger partial charge in [0.15, 0.2) is 11.6 Å². The highest BCUT2D eigenvalue weighted by Gasteiger charge is 2.25. The highest BCUT2D eigenvalue weighted by atomic mass is 19.2. The van der Waals surface area contributed by atoms with Gasteiger partial charge in [-0.25, -0.2) is 8.78 Å². The molecule has 0 atom stereocenters. The van der Waals surface area contributed by atoms with E-state index in [2.05, 4.69) is 0 Å². The molecule has 6 heteroatoms. The number of halogens is 2. The number of carboxylic acids is 1. The smallest absolute Gasteiger partial charge is 0.303 e. The fourth-order valence-electron chi connectivity index (χ4n) is 2.59. The molecule has 1 aliphatic rings. The molecule has 4 nitrogen and oxygen atoms in total. The van der Waals surface area contributed by atoms with Crippen LogP contribution in [0.15, 0.2) is 18.2 Å². The Hall–Kier alpha value is -1.98. The first-order valence-corrected chi connectivity index (χ1v) is 6.90. The molecule has 1 fully saturated rings. The van der Waals surface area contributed by atoms with Gasteiger partial charge in [-0.15, -0.1) is 0 Å². The van der Waals surface area contributed by atoms with Crippen LogP contribution in [0.5, 0.6) is 0 Å². The van der Waals surface area contributed by atoms with Gasteiger partial charge in [-0.2, -0.15) is 0 Å². The fourth-order valence-corrected chi connectivity index (χ4v) is 2.59.